The first kappa shape index (κ1) is 16.0. The lowest BCUT2D eigenvalue weighted by atomic mass is 9.72. The molecule has 1 rings (SSSR count). The minimum atomic E-state index is 0.317. The third-order valence-electron chi connectivity index (χ3n) is 4.94. The maximum Gasteiger partial charge on any atom is 0.0331 e. The second-order valence-electron chi connectivity index (χ2n) is 6.50. The molecule has 2 N–H and O–H groups in total. The molecular weight excluding hydrogens is 220 g/mol. The van der Waals surface area contributed by atoms with E-state index >= 15 is 0 Å². The van der Waals surface area contributed by atoms with Crippen molar-refractivity contribution in [2.45, 2.75) is 71.8 Å². The van der Waals surface area contributed by atoms with Crippen LogP contribution in [0.3, 0.4) is 0 Å². The van der Waals surface area contributed by atoms with Crippen LogP contribution in [0.15, 0.2) is 0 Å². The smallest absolute Gasteiger partial charge is 0.0331 e. The fourth-order valence-corrected chi connectivity index (χ4v) is 3.62. The molecule has 0 aromatic carbocycles. The predicted molar refractivity (Wildman–Crippen MR) is 80.7 cm³/mol. The molecule has 2 nitrogen and oxygen atoms in total. The van der Waals surface area contributed by atoms with Gasteiger partial charge in [0.05, 0.1) is 0 Å². The first-order chi connectivity index (χ1) is 8.59. The highest BCUT2D eigenvalue weighted by atomic mass is 15.2. The van der Waals surface area contributed by atoms with Crippen LogP contribution in [0.2, 0.25) is 0 Å². The molecule has 0 radical (unpaired) electrons. The Morgan fingerprint density at radius 3 is 1.94 bits per heavy atom. The molecule has 108 valence electrons. The Morgan fingerprint density at radius 1 is 1.11 bits per heavy atom. The van der Waals surface area contributed by atoms with Crippen molar-refractivity contribution in [1.29, 1.82) is 0 Å². The van der Waals surface area contributed by atoms with E-state index in [1.54, 1.807) is 0 Å². The average molecular weight is 254 g/mol. The Bertz CT molecular complexity index is 211. The van der Waals surface area contributed by atoms with Crippen LogP contribution < -0.4 is 5.73 Å². The number of nitrogens with two attached hydrogens (primary N) is 1. The van der Waals surface area contributed by atoms with Crippen LogP contribution in [-0.4, -0.2) is 30.1 Å². The fourth-order valence-electron chi connectivity index (χ4n) is 3.62. The molecule has 0 aromatic rings. The summed E-state index contributed by atoms with van der Waals surface area (Å²) in [5.74, 6) is 1.77. The minimum Gasteiger partial charge on any atom is -0.329 e. The second-order valence-corrected chi connectivity index (χ2v) is 6.50. The summed E-state index contributed by atoms with van der Waals surface area (Å²) in [4.78, 5) is 2.70. The van der Waals surface area contributed by atoms with Gasteiger partial charge in [0.1, 0.15) is 0 Å². The molecule has 0 atom stereocenters. The highest BCUT2D eigenvalue weighted by Gasteiger charge is 2.38. The van der Waals surface area contributed by atoms with Crippen LogP contribution in [0, 0.1) is 11.8 Å². The summed E-state index contributed by atoms with van der Waals surface area (Å²) in [6.07, 6.45) is 7.86. The zero-order valence-electron chi connectivity index (χ0n) is 13.0. The Hall–Kier alpha value is -0.0800. The van der Waals surface area contributed by atoms with E-state index in [0.717, 1.165) is 18.4 Å². The summed E-state index contributed by atoms with van der Waals surface area (Å²) in [5, 5.41) is 0. The third-order valence-corrected chi connectivity index (χ3v) is 4.94. The Balaban J connectivity index is 2.67. The van der Waals surface area contributed by atoms with Crippen LogP contribution in [0.25, 0.3) is 0 Å². The van der Waals surface area contributed by atoms with Crippen molar-refractivity contribution in [3.63, 3.8) is 0 Å². The van der Waals surface area contributed by atoms with Crippen molar-refractivity contribution >= 4 is 0 Å². The molecule has 1 saturated carbocycles. The average Bonchev–Trinajstić information content (AvgIpc) is 2.38. The van der Waals surface area contributed by atoms with Gasteiger partial charge in [0, 0.05) is 12.1 Å². The summed E-state index contributed by atoms with van der Waals surface area (Å²) in [6.45, 7) is 12.6. The molecule has 1 aliphatic carbocycles. The standard InChI is InChI=1S/C16H34N2/c1-5-11-18(12-6-2)16(13-17)9-7-15(8-10-16)14(3)4/h14-15H,5-13,17H2,1-4H3. The lowest BCUT2D eigenvalue weighted by Crippen LogP contribution is -2.56. The number of nitrogens with zero attached hydrogens (tertiary/aromatic N) is 1. The van der Waals surface area contributed by atoms with Gasteiger partial charge in [-0.25, -0.2) is 0 Å². The maximum absolute atomic E-state index is 6.18. The van der Waals surface area contributed by atoms with E-state index in [2.05, 4.69) is 32.6 Å². The van der Waals surface area contributed by atoms with Crippen molar-refractivity contribution in [2.24, 2.45) is 17.6 Å². The van der Waals surface area contributed by atoms with Gasteiger partial charge in [-0.05, 0) is 63.5 Å². The molecule has 0 bridgehead atoms. The minimum absolute atomic E-state index is 0.317. The SMILES string of the molecule is CCCN(CCC)C1(CN)CCC(C(C)C)CC1. The van der Waals surface area contributed by atoms with Crippen molar-refractivity contribution in [3.05, 3.63) is 0 Å². The lowest BCUT2D eigenvalue weighted by molar-refractivity contribution is 0.0345. The normalized spacial score (nSPS) is 29.2. The van der Waals surface area contributed by atoms with Crippen molar-refractivity contribution in [1.82, 2.24) is 4.90 Å². The van der Waals surface area contributed by atoms with Crippen molar-refractivity contribution in [3.8, 4) is 0 Å². The van der Waals surface area contributed by atoms with Crippen molar-refractivity contribution in [2.75, 3.05) is 19.6 Å². The second kappa shape index (κ2) is 7.49. The molecule has 18 heavy (non-hydrogen) atoms. The van der Waals surface area contributed by atoms with E-state index < -0.39 is 0 Å². The third kappa shape index (κ3) is 3.71. The Morgan fingerprint density at radius 2 is 1.61 bits per heavy atom. The van der Waals surface area contributed by atoms with Crippen LogP contribution in [0.4, 0.5) is 0 Å². The first-order valence-corrected chi connectivity index (χ1v) is 8.04. The number of rotatable bonds is 7. The molecule has 0 saturated heterocycles. The van der Waals surface area contributed by atoms with E-state index in [0.29, 0.717) is 5.54 Å². The summed E-state index contributed by atoms with van der Waals surface area (Å²) in [7, 11) is 0. The van der Waals surface area contributed by atoms with E-state index in [9.17, 15) is 0 Å². The largest absolute Gasteiger partial charge is 0.329 e. The maximum atomic E-state index is 6.18. The summed E-state index contributed by atoms with van der Waals surface area (Å²) < 4.78 is 0. The van der Waals surface area contributed by atoms with Gasteiger partial charge in [-0.1, -0.05) is 27.7 Å². The highest BCUT2D eigenvalue weighted by Crippen LogP contribution is 2.39. The van der Waals surface area contributed by atoms with Gasteiger partial charge in [-0.2, -0.15) is 0 Å². The zero-order valence-corrected chi connectivity index (χ0v) is 13.0. The Labute approximate surface area is 114 Å². The lowest BCUT2D eigenvalue weighted by Gasteiger charge is -2.48. The molecule has 0 amide bonds. The summed E-state index contributed by atoms with van der Waals surface area (Å²) in [5.41, 5.74) is 6.50. The van der Waals surface area contributed by atoms with Gasteiger partial charge in [0.15, 0.2) is 0 Å². The van der Waals surface area contributed by atoms with Crippen LogP contribution in [0.5, 0.6) is 0 Å². The molecule has 0 spiro atoms. The van der Waals surface area contributed by atoms with Crippen LogP contribution >= 0.6 is 0 Å². The predicted octanol–water partition coefficient (Wildman–Crippen LogP) is 3.65. The van der Waals surface area contributed by atoms with Gasteiger partial charge in [-0.3, -0.25) is 4.90 Å². The van der Waals surface area contributed by atoms with Crippen molar-refractivity contribution < 1.29 is 0 Å². The molecule has 0 heterocycles. The molecule has 0 aliphatic heterocycles. The van der Waals surface area contributed by atoms with E-state index in [1.165, 1.54) is 51.6 Å². The van der Waals surface area contributed by atoms with Gasteiger partial charge in [-0.15, -0.1) is 0 Å². The van der Waals surface area contributed by atoms with E-state index in [4.69, 9.17) is 5.73 Å². The first-order valence-electron chi connectivity index (χ1n) is 8.04. The van der Waals surface area contributed by atoms with Crippen LogP contribution in [0.1, 0.15) is 66.2 Å². The summed E-state index contributed by atoms with van der Waals surface area (Å²) in [6, 6.07) is 0. The quantitative estimate of drug-likeness (QED) is 0.751. The van der Waals surface area contributed by atoms with E-state index in [-0.39, 0.29) is 0 Å². The van der Waals surface area contributed by atoms with Crippen LogP contribution in [-0.2, 0) is 0 Å². The van der Waals surface area contributed by atoms with Gasteiger partial charge >= 0.3 is 0 Å². The molecule has 2 heteroatoms. The zero-order chi connectivity index (χ0) is 13.6. The van der Waals surface area contributed by atoms with Gasteiger partial charge in [0.2, 0.25) is 0 Å². The highest BCUT2D eigenvalue weighted by molar-refractivity contribution is 4.96. The molecular formula is C16H34N2. The van der Waals surface area contributed by atoms with Gasteiger partial charge < -0.3 is 5.73 Å². The molecule has 0 unspecified atom stereocenters. The summed E-state index contributed by atoms with van der Waals surface area (Å²) >= 11 is 0. The number of hydrogen-bond donors (Lipinski definition) is 1. The van der Waals surface area contributed by atoms with Gasteiger partial charge in [0.25, 0.3) is 0 Å². The Kier molecular flexibility index (Phi) is 6.65. The monoisotopic (exact) mass is 254 g/mol. The fraction of sp³-hybridized carbons (Fsp3) is 1.00. The molecule has 1 aliphatic rings. The number of hydrogen-bond acceptors (Lipinski definition) is 2. The molecule has 0 aromatic heterocycles. The molecule has 1 fully saturated rings. The topological polar surface area (TPSA) is 29.3 Å². The van der Waals surface area contributed by atoms with E-state index in [1.807, 2.05) is 0 Å².